The highest BCUT2D eigenvalue weighted by Crippen LogP contribution is 2.27. The highest BCUT2D eigenvalue weighted by molar-refractivity contribution is 6.12. The number of hydrogen-bond acceptors (Lipinski definition) is 1. The molecule has 4 aromatic carbocycles. The Balaban J connectivity index is 1.73. The van der Waals surface area contributed by atoms with Crippen LogP contribution in [0.15, 0.2) is 97.1 Å². The van der Waals surface area contributed by atoms with Crippen LogP contribution in [0.2, 0.25) is 0 Å². The minimum Gasteiger partial charge on any atom is -0.321 e. The molecular formula is C23H17NO. The maximum Gasteiger partial charge on any atom is 0.256 e. The van der Waals surface area contributed by atoms with Gasteiger partial charge in [0.1, 0.15) is 0 Å². The summed E-state index contributed by atoms with van der Waals surface area (Å²) in [6.45, 7) is 0. The van der Waals surface area contributed by atoms with Crippen molar-refractivity contribution in [2.45, 2.75) is 0 Å². The van der Waals surface area contributed by atoms with Crippen LogP contribution in [-0.4, -0.2) is 5.91 Å². The van der Waals surface area contributed by atoms with Gasteiger partial charge in [0.2, 0.25) is 0 Å². The summed E-state index contributed by atoms with van der Waals surface area (Å²) >= 11 is 0. The monoisotopic (exact) mass is 323 g/mol. The van der Waals surface area contributed by atoms with Crippen molar-refractivity contribution >= 4 is 22.4 Å². The van der Waals surface area contributed by atoms with E-state index in [0.29, 0.717) is 5.56 Å². The Bertz CT molecular complexity index is 1030. The molecule has 0 heterocycles. The van der Waals surface area contributed by atoms with Crippen LogP contribution in [0.4, 0.5) is 5.69 Å². The van der Waals surface area contributed by atoms with Crippen molar-refractivity contribution in [1.29, 1.82) is 0 Å². The molecule has 1 amide bonds. The number of nitrogens with one attached hydrogen (secondary N) is 1. The summed E-state index contributed by atoms with van der Waals surface area (Å²) in [5.41, 5.74) is 3.46. The van der Waals surface area contributed by atoms with Crippen LogP contribution in [0, 0.1) is 0 Å². The number of amides is 1. The number of fused-ring (bicyclic) bond motifs is 1. The van der Waals surface area contributed by atoms with Gasteiger partial charge >= 0.3 is 0 Å². The van der Waals surface area contributed by atoms with Gasteiger partial charge in [-0.25, -0.2) is 0 Å². The van der Waals surface area contributed by atoms with Gasteiger partial charge in [0.15, 0.2) is 0 Å². The molecule has 0 saturated heterocycles. The van der Waals surface area contributed by atoms with Crippen molar-refractivity contribution in [2.24, 2.45) is 0 Å². The summed E-state index contributed by atoms with van der Waals surface area (Å²) < 4.78 is 0. The highest BCUT2D eigenvalue weighted by atomic mass is 16.1. The average molecular weight is 323 g/mol. The van der Waals surface area contributed by atoms with Crippen molar-refractivity contribution in [3.8, 4) is 11.1 Å². The maximum absolute atomic E-state index is 12.9. The van der Waals surface area contributed by atoms with E-state index in [2.05, 4.69) is 5.32 Å². The summed E-state index contributed by atoms with van der Waals surface area (Å²) in [4.78, 5) is 12.9. The topological polar surface area (TPSA) is 29.1 Å². The van der Waals surface area contributed by atoms with Crippen LogP contribution in [0.3, 0.4) is 0 Å². The molecule has 0 unspecified atom stereocenters. The number of carbonyl (C=O) groups is 1. The maximum atomic E-state index is 12.9. The van der Waals surface area contributed by atoms with Gasteiger partial charge in [-0.15, -0.1) is 0 Å². The molecule has 1 N–H and O–H groups in total. The second-order valence-corrected chi connectivity index (χ2v) is 5.89. The van der Waals surface area contributed by atoms with Crippen molar-refractivity contribution in [1.82, 2.24) is 0 Å². The van der Waals surface area contributed by atoms with Crippen LogP contribution in [-0.2, 0) is 0 Å². The molecule has 0 radical (unpaired) electrons. The van der Waals surface area contributed by atoms with E-state index < -0.39 is 0 Å². The van der Waals surface area contributed by atoms with Gasteiger partial charge in [-0.1, -0.05) is 84.9 Å². The Morgan fingerprint density at radius 2 is 1.32 bits per heavy atom. The van der Waals surface area contributed by atoms with Crippen LogP contribution in [0.5, 0.6) is 0 Å². The molecule has 0 aliphatic rings. The lowest BCUT2D eigenvalue weighted by molar-refractivity contribution is 0.102. The predicted octanol–water partition coefficient (Wildman–Crippen LogP) is 5.76. The Labute approximate surface area is 146 Å². The summed E-state index contributed by atoms with van der Waals surface area (Å²) in [6, 6.07) is 31.7. The fraction of sp³-hybridized carbons (Fsp3) is 0. The number of anilines is 1. The lowest BCUT2D eigenvalue weighted by atomic mass is 9.99. The lowest BCUT2D eigenvalue weighted by Crippen LogP contribution is -2.13. The molecular weight excluding hydrogens is 306 g/mol. The molecule has 2 nitrogen and oxygen atoms in total. The van der Waals surface area contributed by atoms with Gasteiger partial charge in [-0.3, -0.25) is 4.79 Å². The second-order valence-electron chi connectivity index (χ2n) is 5.89. The van der Waals surface area contributed by atoms with Crippen LogP contribution in [0.1, 0.15) is 10.4 Å². The zero-order valence-corrected chi connectivity index (χ0v) is 13.6. The predicted molar refractivity (Wildman–Crippen MR) is 104 cm³/mol. The summed E-state index contributed by atoms with van der Waals surface area (Å²) in [5.74, 6) is -0.101. The normalized spacial score (nSPS) is 10.6. The Morgan fingerprint density at radius 3 is 2.20 bits per heavy atom. The molecule has 0 fully saturated rings. The standard InChI is InChI=1S/C23H17NO/c25-23(24-22-16-8-12-18-11-4-5-14-20(18)22)21-15-7-6-13-19(21)17-9-2-1-3-10-17/h1-16H,(H,24,25). The van der Waals surface area contributed by atoms with Gasteiger partial charge in [0.05, 0.1) is 0 Å². The number of hydrogen-bond donors (Lipinski definition) is 1. The molecule has 0 bridgehead atoms. The van der Waals surface area contributed by atoms with Gasteiger partial charge in [0, 0.05) is 16.6 Å². The molecule has 0 spiro atoms. The number of carbonyl (C=O) groups excluding carboxylic acids is 1. The molecule has 4 aromatic rings. The van der Waals surface area contributed by atoms with Crippen molar-refractivity contribution in [3.05, 3.63) is 103 Å². The van der Waals surface area contributed by atoms with Gasteiger partial charge in [0.25, 0.3) is 5.91 Å². The largest absolute Gasteiger partial charge is 0.321 e. The van der Waals surface area contributed by atoms with Crippen LogP contribution < -0.4 is 5.32 Å². The van der Waals surface area contributed by atoms with E-state index in [1.807, 2.05) is 97.1 Å². The third-order valence-corrected chi connectivity index (χ3v) is 4.29. The van der Waals surface area contributed by atoms with E-state index in [0.717, 1.165) is 27.6 Å². The fourth-order valence-corrected chi connectivity index (χ4v) is 3.07. The Morgan fingerprint density at radius 1 is 0.640 bits per heavy atom. The molecule has 4 rings (SSSR count). The fourth-order valence-electron chi connectivity index (χ4n) is 3.07. The second kappa shape index (κ2) is 6.62. The molecule has 25 heavy (non-hydrogen) atoms. The zero-order chi connectivity index (χ0) is 17.1. The number of benzene rings is 4. The molecule has 0 aromatic heterocycles. The minimum absolute atomic E-state index is 0.101. The third kappa shape index (κ3) is 3.02. The smallest absolute Gasteiger partial charge is 0.256 e. The first kappa shape index (κ1) is 15.2. The summed E-state index contributed by atoms with van der Waals surface area (Å²) in [7, 11) is 0. The first-order valence-electron chi connectivity index (χ1n) is 8.26. The SMILES string of the molecule is O=C(Nc1cccc2ccccc12)c1ccccc1-c1ccccc1. The molecule has 0 atom stereocenters. The van der Waals surface area contributed by atoms with Crippen LogP contribution >= 0.6 is 0 Å². The van der Waals surface area contributed by atoms with E-state index in [4.69, 9.17) is 0 Å². The first-order valence-corrected chi connectivity index (χ1v) is 8.26. The third-order valence-electron chi connectivity index (χ3n) is 4.29. The van der Waals surface area contributed by atoms with Gasteiger partial charge in [-0.05, 0) is 28.6 Å². The minimum atomic E-state index is -0.101. The molecule has 0 aliphatic heterocycles. The van der Waals surface area contributed by atoms with E-state index in [1.54, 1.807) is 0 Å². The number of rotatable bonds is 3. The van der Waals surface area contributed by atoms with Crippen molar-refractivity contribution < 1.29 is 4.79 Å². The zero-order valence-electron chi connectivity index (χ0n) is 13.6. The lowest BCUT2D eigenvalue weighted by Gasteiger charge is -2.12. The van der Waals surface area contributed by atoms with Crippen molar-refractivity contribution in [2.75, 3.05) is 5.32 Å². The van der Waals surface area contributed by atoms with Crippen molar-refractivity contribution in [3.63, 3.8) is 0 Å². The highest BCUT2D eigenvalue weighted by Gasteiger charge is 2.13. The van der Waals surface area contributed by atoms with E-state index in [-0.39, 0.29) is 5.91 Å². The quantitative estimate of drug-likeness (QED) is 0.510. The van der Waals surface area contributed by atoms with E-state index in [9.17, 15) is 4.79 Å². The first-order chi connectivity index (χ1) is 12.3. The van der Waals surface area contributed by atoms with E-state index in [1.165, 1.54) is 0 Å². The Kier molecular flexibility index (Phi) is 4.01. The van der Waals surface area contributed by atoms with E-state index >= 15 is 0 Å². The average Bonchev–Trinajstić information content (AvgIpc) is 2.69. The summed E-state index contributed by atoms with van der Waals surface area (Å²) in [5, 5.41) is 5.22. The van der Waals surface area contributed by atoms with Gasteiger partial charge < -0.3 is 5.32 Å². The summed E-state index contributed by atoms with van der Waals surface area (Å²) in [6.07, 6.45) is 0. The van der Waals surface area contributed by atoms with Crippen LogP contribution in [0.25, 0.3) is 21.9 Å². The molecule has 0 aliphatic carbocycles. The Hall–Kier alpha value is -3.39. The van der Waals surface area contributed by atoms with Gasteiger partial charge in [-0.2, -0.15) is 0 Å². The molecule has 2 heteroatoms. The molecule has 120 valence electrons. The molecule has 0 saturated carbocycles.